The maximum atomic E-state index is 13.1. The van der Waals surface area contributed by atoms with Crippen LogP contribution in [-0.4, -0.2) is 76.3 Å². The lowest BCUT2D eigenvalue weighted by molar-refractivity contribution is -0.124. The number of hydrogen-bond donors (Lipinski definition) is 2. The van der Waals surface area contributed by atoms with Crippen molar-refractivity contribution < 1.29 is 23.9 Å². The summed E-state index contributed by atoms with van der Waals surface area (Å²) in [6.45, 7) is 2.84. The molecule has 0 saturated carbocycles. The second kappa shape index (κ2) is 10.4. The van der Waals surface area contributed by atoms with Crippen LogP contribution in [0.2, 0.25) is 0 Å². The van der Waals surface area contributed by atoms with Gasteiger partial charge >= 0.3 is 0 Å². The first-order valence-electron chi connectivity index (χ1n) is 12.2. The third-order valence-corrected chi connectivity index (χ3v) is 6.66. The van der Waals surface area contributed by atoms with Gasteiger partial charge in [-0.2, -0.15) is 0 Å². The SMILES string of the molecule is Cc1ccc2cc1Oc1cccc(c1)CO[C@@H]1CCN(C(=O)c3cnc[nH]3)C[C@@H]1NC(=O)CN(C)C2=O. The number of aryl methyl sites for hydroxylation is 1. The van der Waals surface area contributed by atoms with Gasteiger partial charge in [-0.05, 0) is 48.7 Å². The molecule has 2 N–H and O–H groups in total. The minimum atomic E-state index is -0.449. The van der Waals surface area contributed by atoms with Crippen LogP contribution in [0.4, 0.5) is 0 Å². The van der Waals surface area contributed by atoms with Gasteiger partial charge in [0.2, 0.25) is 5.91 Å². The molecule has 2 aliphatic rings. The minimum Gasteiger partial charge on any atom is -0.457 e. The van der Waals surface area contributed by atoms with Crippen LogP contribution in [0.3, 0.4) is 0 Å². The van der Waals surface area contributed by atoms with Crippen LogP contribution in [-0.2, 0) is 16.1 Å². The minimum absolute atomic E-state index is 0.139. The van der Waals surface area contributed by atoms with Crippen molar-refractivity contribution in [3.05, 3.63) is 77.4 Å². The number of carbonyl (C=O) groups excluding carboxylic acids is 3. The lowest BCUT2D eigenvalue weighted by Gasteiger charge is -2.38. The highest BCUT2D eigenvalue weighted by atomic mass is 16.5. The maximum absolute atomic E-state index is 13.1. The predicted molar refractivity (Wildman–Crippen MR) is 134 cm³/mol. The first-order valence-corrected chi connectivity index (χ1v) is 12.2. The smallest absolute Gasteiger partial charge is 0.271 e. The maximum Gasteiger partial charge on any atom is 0.271 e. The van der Waals surface area contributed by atoms with Crippen LogP contribution in [0.15, 0.2) is 55.0 Å². The number of amides is 3. The van der Waals surface area contributed by atoms with E-state index in [-0.39, 0.29) is 36.9 Å². The Hall–Kier alpha value is -4.18. The molecule has 0 unspecified atom stereocenters. The first-order chi connectivity index (χ1) is 17.9. The summed E-state index contributed by atoms with van der Waals surface area (Å²) in [7, 11) is 1.58. The molecule has 0 radical (unpaired) electrons. The molecule has 10 nitrogen and oxygen atoms in total. The highest BCUT2D eigenvalue weighted by Gasteiger charge is 2.34. The molecule has 3 heterocycles. The number of ether oxygens (including phenoxy) is 2. The number of hydrogen-bond acceptors (Lipinski definition) is 6. The van der Waals surface area contributed by atoms with Gasteiger partial charge in [-0.3, -0.25) is 14.4 Å². The number of benzene rings is 2. The van der Waals surface area contributed by atoms with Crippen molar-refractivity contribution in [1.82, 2.24) is 25.1 Å². The average molecular weight is 504 g/mol. The van der Waals surface area contributed by atoms with Gasteiger partial charge in [0, 0.05) is 25.7 Å². The highest BCUT2D eigenvalue weighted by molar-refractivity contribution is 5.97. The monoisotopic (exact) mass is 503 g/mol. The topological polar surface area (TPSA) is 117 Å². The van der Waals surface area contributed by atoms with Gasteiger partial charge in [-0.15, -0.1) is 0 Å². The van der Waals surface area contributed by atoms with E-state index in [0.29, 0.717) is 42.3 Å². The molecule has 3 amide bonds. The van der Waals surface area contributed by atoms with Crippen molar-refractivity contribution >= 4 is 17.7 Å². The molecule has 2 aromatic carbocycles. The molecule has 2 aliphatic heterocycles. The zero-order valence-electron chi connectivity index (χ0n) is 20.8. The Labute approximate surface area is 214 Å². The fraction of sp³-hybridized carbons (Fsp3) is 0.333. The van der Waals surface area contributed by atoms with Crippen LogP contribution < -0.4 is 10.1 Å². The molecular formula is C27H29N5O5. The van der Waals surface area contributed by atoms with Crippen molar-refractivity contribution in [3.63, 3.8) is 0 Å². The van der Waals surface area contributed by atoms with Crippen LogP contribution in [0, 0.1) is 6.92 Å². The Balaban J connectivity index is 1.42. The summed E-state index contributed by atoms with van der Waals surface area (Å²) in [6.07, 6.45) is 3.16. The summed E-state index contributed by atoms with van der Waals surface area (Å²) in [5, 5.41) is 3.00. The first kappa shape index (κ1) is 24.5. The van der Waals surface area contributed by atoms with Gasteiger partial charge in [-0.1, -0.05) is 18.2 Å². The van der Waals surface area contributed by atoms with Crippen LogP contribution in [0.25, 0.3) is 0 Å². The molecule has 0 spiro atoms. The fourth-order valence-electron chi connectivity index (χ4n) is 4.63. The van der Waals surface area contributed by atoms with Crippen LogP contribution in [0.1, 0.15) is 38.4 Å². The Morgan fingerprint density at radius 2 is 2.03 bits per heavy atom. The predicted octanol–water partition coefficient (Wildman–Crippen LogP) is 2.51. The Morgan fingerprint density at radius 1 is 1.16 bits per heavy atom. The Kier molecular flexibility index (Phi) is 6.91. The summed E-state index contributed by atoms with van der Waals surface area (Å²) in [5.74, 6) is 0.392. The van der Waals surface area contributed by atoms with E-state index < -0.39 is 6.04 Å². The molecule has 37 heavy (non-hydrogen) atoms. The van der Waals surface area contributed by atoms with E-state index in [1.54, 1.807) is 24.1 Å². The quantitative estimate of drug-likeness (QED) is 0.527. The highest BCUT2D eigenvalue weighted by Crippen LogP contribution is 2.28. The molecule has 10 heteroatoms. The van der Waals surface area contributed by atoms with Gasteiger partial charge in [0.15, 0.2) is 0 Å². The number of piperidine rings is 1. The summed E-state index contributed by atoms with van der Waals surface area (Å²) in [6, 6.07) is 12.4. The van der Waals surface area contributed by atoms with Gasteiger partial charge in [0.05, 0.1) is 37.8 Å². The van der Waals surface area contributed by atoms with Crippen LogP contribution >= 0.6 is 0 Å². The van der Waals surface area contributed by atoms with Gasteiger partial charge in [-0.25, -0.2) is 4.98 Å². The number of fused-ring (bicyclic) bond motifs is 5. The van der Waals surface area contributed by atoms with Gasteiger partial charge in [0.25, 0.3) is 11.8 Å². The molecule has 1 aromatic heterocycles. The van der Waals surface area contributed by atoms with Gasteiger partial charge < -0.3 is 29.6 Å². The van der Waals surface area contributed by atoms with Crippen molar-refractivity contribution in [2.75, 3.05) is 26.7 Å². The zero-order valence-corrected chi connectivity index (χ0v) is 20.8. The second-order valence-corrected chi connectivity index (χ2v) is 9.42. The largest absolute Gasteiger partial charge is 0.457 e. The van der Waals surface area contributed by atoms with Gasteiger partial charge in [0.1, 0.15) is 17.2 Å². The average Bonchev–Trinajstić information content (AvgIpc) is 3.43. The van der Waals surface area contributed by atoms with E-state index >= 15 is 0 Å². The van der Waals surface area contributed by atoms with E-state index in [9.17, 15) is 14.4 Å². The number of likely N-dealkylation sites (tertiary alicyclic amines) is 1. The summed E-state index contributed by atoms with van der Waals surface area (Å²) < 4.78 is 12.4. The number of likely N-dealkylation sites (N-methyl/N-ethyl adjacent to an activating group) is 1. The molecule has 5 rings (SSSR count). The number of H-pyrrole nitrogens is 1. The number of imidazole rings is 1. The van der Waals surface area contributed by atoms with E-state index in [1.807, 2.05) is 37.3 Å². The molecule has 192 valence electrons. The number of carbonyl (C=O) groups is 3. The van der Waals surface area contributed by atoms with Crippen molar-refractivity contribution in [3.8, 4) is 11.5 Å². The molecular weight excluding hydrogens is 474 g/mol. The van der Waals surface area contributed by atoms with Crippen molar-refractivity contribution in [2.24, 2.45) is 0 Å². The lowest BCUT2D eigenvalue weighted by Crippen LogP contribution is -2.58. The Bertz CT molecular complexity index is 1310. The molecule has 2 atom stereocenters. The summed E-state index contributed by atoms with van der Waals surface area (Å²) >= 11 is 0. The van der Waals surface area contributed by atoms with Crippen molar-refractivity contribution in [1.29, 1.82) is 0 Å². The number of nitrogens with zero attached hydrogens (tertiary/aromatic N) is 3. The fourth-order valence-corrected chi connectivity index (χ4v) is 4.63. The van der Waals surface area contributed by atoms with Crippen molar-refractivity contribution in [2.45, 2.75) is 32.1 Å². The lowest BCUT2D eigenvalue weighted by atomic mass is 10.0. The number of nitrogens with one attached hydrogen (secondary N) is 2. The molecule has 1 fully saturated rings. The molecule has 1 saturated heterocycles. The van der Waals surface area contributed by atoms with E-state index in [1.165, 1.54) is 17.4 Å². The third kappa shape index (κ3) is 5.49. The summed E-state index contributed by atoms with van der Waals surface area (Å²) in [4.78, 5) is 48.8. The summed E-state index contributed by atoms with van der Waals surface area (Å²) in [5.41, 5.74) is 2.61. The zero-order chi connectivity index (χ0) is 25.9. The van der Waals surface area contributed by atoms with E-state index in [2.05, 4.69) is 15.3 Å². The van der Waals surface area contributed by atoms with Crippen LogP contribution in [0.5, 0.6) is 11.5 Å². The number of aromatic amines is 1. The second-order valence-electron chi connectivity index (χ2n) is 9.42. The standard InChI is InChI=1S/C27H29N5O5/c1-17-6-7-19-11-24(17)37-20-5-3-4-18(10-20)15-36-23-8-9-32(27(35)21-12-28-16-29-21)13-22(23)30-25(33)14-31(2)26(19)34/h3-7,10-12,16,22-23H,8-9,13-15H2,1-2H3,(H,28,29)(H,30,33)/t22-,23+/m0/s1. The number of rotatable bonds is 1. The van der Waals surface area contributed by atoms with E-state index in [4.69, 9.17) is 9.47 Å². The number of aromatic nitrogens is 2. The molecule has 0 aliphatic carbocycles. The molecule has 4 bridgehead atoms. The normalized spacial score (nSPS) is 20.6. The Morgan fingerprint density at radius 3 is 2.84 bits per heavy atom. The molecule has 3 aromatic rings. The third-order valence-electron chi connectivity index (χ3n) is 6.66. The van der Waals surface area contributed by atoms with E-state index in [0.717, 1.165) is 11.1 Å².